The maximum absolute atomic E-state index is 14.3. The van der Waals surface area contributed by atoms with Crippen molar-refractivity contribution < 1.29 is 67.2 Å². The largest absolute Gasteiger partial charge is 0.393 e. The molecule has 26 nitrogen and oxygen atoms in total. The van der Waals surface area contributed by atoms with Gasteiger partial charge in [-0.2, -0.15) is 17.6 Å². The van der Waals surface area contributed by atoms with Crippen molar-refractivity contribution in [2.75, 3.05) is 0 Å². The molecule has 134 heavy (non-hydrogen) atoms. The van der Waals surface area contributed by atoms with Crippen molar-refractivity contribution in [2.24, 2.45) is 35.5 Å². The normalized spacial score (nSPS) is 24.1. The second-order valence-electron chi connectivity index (χ2n) is 39.2. The van der Waals surface area contributed by atoms with E-state index in [0.29, 0.717) is 95.6 Å². The van der Waals surface area contributed by atoms with E-state index < -0.39 is 48.2 Å². The number of pyridine rings is 6. The minimum atomic E-state index is -0.520. The Hall–Kier alpha value is -10.6. The predicted molar refractivity (Wildman–Crippen MR) is 487 cm³/mol. The van der Waals surface area contributed by atoms with Crippen LogP contribution in [0.4, 0.5) is 26.3 Å². The topological polar surface area (TPSA) is 346 Å². The van der Waals surface area contributed by atoms with Gasteiger partial charge in [0.1, 0.15) is 11.6 Å². The standard InChI is InChI=1S/2C17H20FN3O2.4C17H20FN3O/c2*18-17-16-12(5-6-20-17)14-8-19-9-21(14)13(16)7-15(23)10-1-3-11(22)4-2-10;2*18-13-8-19-7-12-15-9-20-10-21(15)14(17(12)13)6-16(22)11-4-2-1-3-5-11;2*18-17-16-12(6-7-20-17)14-9-19-10-21(14)13(16)8-15(22)11-4-2-1-3-5-11/h2*5-6,8-11,13,15,22-23H,1-4,7H2;2*7-11,14,16,22H,1-6H2;2*6-7,9-11,13,15,22H,1-5,8H2. The van der Waals surface area contributed by atoms with E-state index in [-0.39, 0.29) is 84.1 Å². The molecule has 6 saturated carbocycles. The van der Waals surface area contributed by atoms with Gasteiger partial charge in [-0.25, -0.2) is 58.6 Å². The molecular formula is C102H120F6N18O8. The Balaban J connectivity index is 0.000000103. The average Bonchev–Trinajstić information content (AvgIpc) is 1.64. The fourth-order valence-electron chi connectivity index (χ4n) is 24.3. The molecule has 32 heteroatoms. The number of aromatic nitrogens is 18. The smallest absolute Gasteiger partial charge is 0.218 e. The van der Waals surface area contributed by atoms with Gasteiger partial charge >= 0.3 is 0 Å². The Labute approximate surface area is 774 Å². The molecule has 12 atom stereocenters. The molecule has 0 spiro atoms. The lowest BCUT2D eigenvalue weighted by molar-refractivity contribution is 0.0323. The van der Waals surface area contributed by atoms with E-state index in [9.17, 15) is 67.2 Å². The average molecular weight is 1840 g/mol. The van der Waals surface area contributed by atoms with E-state index in [2.05, 4.69) is 59.8 Å². The first-order chi connectivity index (χ1) is 65.3. The number of aliphatic hydroxyl groups excluding tert-OH is 8. The third-order valence-electron chi connectivity index (χ3n) is 31.4. The van der Waals surface area contributed by atoms with Crippen LogP contribution in [-0.4, -0.2) is 177 Å². The molecule has 0 bridgehead atoms. The summed E-state index contributed by atoms with van der Waals surface area (Å²) in [7, 11) is 0. The summed E-state index contributed by atoms with van der Waals surface area (Å²) < 4.78 is 97.4. The van der Waals surface area contributed by atoms with Crippen molar-refractivity contribution in [1.82, 2.24) is 87.2 Å². The summed E-state index contributed by atoms with van der Waals surface area (Å²) in [6.45, 7) is 0. The van der Waals surface area contributed by atoms with Gasteiger partial charge in [0.2, 0.25) is 23.8 Å². The fraction of sp³-hybridized carbons (Fsp3) is 0.529. The fourth-order valence-corrected chi connectivity index (χ4v) is 24.3. The van der Waals surface area contributed by atoms with Crippen LogP contribution in [0.15, 0.2) is 149 Å². The van der Waals surface area contributed by atoms with Crippen molar-refractivity contribution in [2.45, 2.75) is 303 Å². The Morgan fingerprint density at radius 3 is 0.664 bits per heavy atom. The lowest BCUT2D eigenvalue weighted by Crippen LogP contribution is -2.29. The van der Waals surface area contributed by atoms with E-state index in [1.165, 1.54) is 114 Å². The Bertz CT molecular complexity index is 5390. The highest BCUT2D eigenvalue weighted by atomic mass is 19.1. The van der Waals surface area contributed by atoms with Gasteiger partial charge in [0, 0.05) is 104 Å². The molecule has 708 valence electrons. The van der Waals surface area contributed by atoms with Crippen molar-refractivity contribution in [3.63, 3.8) is 0 Å². The van der Waals surface area contributed by atoms with Crippen LogP contribution in [0.1, 0.15) is 288 Å². The molecule has 6 fully saturated rings. The maximum atomic E-state index is 14.3. The summed E-state index contributed by atoms with van der Waals surface area (Å²) in [6, 6.07) is 6.00. The van der Waals surface area contributed by atoms with Crippen molar-refractivity contribution in [3.05, 3.63) is 218 Å². The summed E-state index contributed by atoms with van der Waals surface area (Å²) in [4.78, 5) is 48.1. The van der Waals surface area contributed by atoms with Crippen LogP contribution in [0.2, 0.25) is 0 Å². The van der Waals surface area contributed by atoms with Gasteiger partial charge in [0.05, 0.1) is 207 Å². The van der Waals surface area contributed by atoms with Crippen LogP contribution in [0.5, 0.6) is 0 Å². The number of imidazole rings is 6. The van der Waals surface area contributed by atoms with Crippen LogP contribution in [0.3, 0.4) is 0 Å². The minimum absolute atomic E-state index is 0.161. The van der Waals surface area contributed by atoms with Gasteiger partial charge < -0.3 is 68.3 Å². The molecule has 24 rings (SSSR count). The zero-order valence-electron chi connectivity index (χ0n) is 75.3. The summed E-state index contributed by atoms with van der Waals surface area (Å²) in [6.07, 6.45) is 61.9. The van der Waals surface area contributed by atoms with E-state index in [0.717, 1.165) is 170 Å². The molecule has 0 aromatic carbocycles. The van der Waals surface area contributed by atoms with Gasteiger partial charge in [0.15, 0.2) is 0 Å². The van der Waals surface area contributed by atoms with Crippen LogP contribution in [0, 0.1) is 70.9 Å². The quantitative estimate of drug-likeness (QED) is 0.0292. The lowest BCUT2D eigenvalue weighted by Gasteiger charge is -2.31. The summed E-state index contributed by atoms with van der Waals surface area (Å²) in [5, 5.41) is 83.1. The number of rotatable bonds is 18. The molecule has 6 aliphatic heterocycles. The molecule has 0 amide bonds. The van der Waals surface area contributed by atoms with E-state index in [4.69, 9.17) is 0 Å². The predicted octanol–water partition coefficient (Wildman–Crippen LogP) is 17.9. The lowest BCUT2D eigenvalue weighted by atomic mass is 9.81. The van der Waals surface area contributed by atoms with Crippen LogP contribution < -0.4 is 0 Å². The molecule has 12 unspecified atom stereocenters. The summed E-state index contributed by atoms with van der Waals surface area (Å²) in [5.41, 5.74) is 13.9. The number of hydrogen-bond acceptors (Lipinski definition) is 20. The van der Waals surface area contributed by atoms with Crippen molar-refractivity contribution >= 4 is 0 Å². The molecule has 18 heterocycles. The molecule has 12 aliphatic rings. The van der Waals surface area contributed by atoms with Crippen LogP contribution in [0.25, 0.3) is 67.5 Å². The second-order valence-corrected chi connectivity index (χ2v) is 39.2. The number of hydrogen-bond donors (Lipinski definition) is 8. The van der Waals surface area contributed by atoms with Crippen molar-refractivity contribution in [1.29, 1.82) is 0 Å². The maximum Gasteiger partial charge on any atom is 0.218 e. The highest BCUT2D eigenvalue weighted by Crippen LogP contribution is 2.52. The van der Waals surface area contributed by atoms with Crippen molar-refractivity contribution in [3.8, 4) is 67.5 Å². The second kappa shape index (κ2) is 41.2. The third-order valence-corrected chi connectivity index (χ3v) is 31.4. The van der Waals surface area contributed by atoms with Crippen LogP contribution >= 0.6 is 0 Å². The summed E-state index contributed by atoms with van der Waals surface area (Å²) in [5.74, 6) is -0.695. The molecule has 12 aromatic heterocycles. The molecule has 6 aliphatic carbocycles. The zero-order valence-corrected chi connectivity index (χ0v) is 75.3. The zero-order chi connectivity index (χ0) is 92.4. The number of halogens is 6. The highest BCUT2D eigenvalue weighted by Gasteiger charge is 2.44. The highest BCUT2D eigenvalue weighted by molar-refractivity contribution is 5.73. The minimum Gasteiger partial charge on any atom is -0.393 e. The SMILES string of the molecule is OC(CC1c2c(F)cncc2-c2cncn21)C1CCCCC1.OC(CC1c2c(F)cncc2-c2cncn21)C1CCCCC1.OC(CC1c2c(ccnc2F)-c2cncn21)C1CCCCC1.OC(CC1c2c(ccnc2F)-c2cncn21)C1CCCCC1.OC1CCC(C(O)CC2c3c(ccnc3F)-c3cncn32)CC1.OC1CCC(C(O)CC2c3c(ccnc3F)-c3cncn32)CC1. The third kappa shape index (κ3) is 18.9. The van der Waals surface area contributed by atoms with Gasteiger partial charge in [-0.3, -0.25) is 9.97 Å². The molecule has 12 aromatic rings. The molecule has 0 saturated heterocycles. The van der Waals surface area contributed by atoms with E-state index >= 15 is 0 Å². The number of aliphatic hydroxyl groups is 8. The first kappa shape index (κ1) is 92.5. The van der Waals surface area contributed by atoms with Gasteiger partial charge in [-0.15, -0.1) is 0 Å². The molecule has 8 N–H and O–H groups in total. The monoisotopic (exact) mass is 1840 g/mol. The molecular weight excluding hydrogens is 1720 g/mol. The van der Waals surface area contributed by atoms with E-state index in [1.54, 1.807) is 99.7 Å². The number of nitrogens with zero attached hydrogens (tertiary/aromatic N) is 18. The Kier molecular flexibility index (Phi) is 28.4. The number of fused-ring (bicyclic) bond motifs is 18. The first-order valence-corrected chi connectivity index (χ1v) is 48.7. The van der Waals surface area contributed by atoms with E-state index in [1.807, 2.05) is 39.5 Å². The Morgan fingerprint density at radius 2 is 0.440 bits per heavy atom. The van der Waals surface area contributed by atoms with Gasteiger partial charge in [-0.1, -0.05) is 77.0 Å². The summed E-state index contributed by atoms with van der Waals surface area (Å²) >= 11 is 0. The Morgan fingerprint density at radius 1 is 0.239 bits per heavy atom. The van der Waals surface area contributed by atoms with Crippen LogP contribution in [-0.2, 0) is 0 Å². The van der Waals surface area contributed by atoms with Gasteiger partial charge in [-0.05, 0) is 201 Å². The molecule has 0 radical (unpaired) electrons. The van der Waals surface area contributed by atoms with Gasteiger partial charge in [0.25, 0.3) is 0 Å². The first-order valence-electron chi connectivity index (χ1n) is 48.7.